The van der Waals surface area contributed by atoms with E-state index in [4.69, 9.17) is 4.74 Å². The van der Waals surface area contributed by atoms with Crippen LogP contribution in [-0.4, -0.2) is 31.2 Å². The number of aryl methyl sites for hydroxylation is 1. The predicted molar refractivity (Wildman–Crippen MR) is 89.1 cm³/mol. The van der Waals surface area contributed by atoms with Gasteiger partial charge in [0.05, 0.1) is 30.5 Å². The van der Waals surface area contributed by atoms with Gasteiger partial charge in [-0.3, -0.25) is 0 Å². The van der Waals surface area contributed by atoms with E-state index in [0.29, 0.717) is 24.4 Å². The number of urea groups is 1. The number of nitrogens with one attached hydrogen (secondary N) is 3. The minimum atomic E-state index is -0.409. The summed E-state index contributed by atoms with van der Waals surface area (Å²) in [7, 11) is 0. The van der Waals surface area contributed by atoms with Crippen LogP contribution in [0.2, 0.25) is 0 Å². The fourth-order valence-electron chi connectivity index (χ4n) is 2.60. The second-order valence-electron chi connectivity index (χ2n) is 5.30. The quantitative estimate of drug-likeness (QED) is 0.703. The Labute approximate surface area is 136 Å². The van der Waals surface area contributed by atoms with Crippen molar-refractivity contribution in [2.24, 2.45) is 0 Å². The molecule has 0 spiro atoms. The average Bonchev–Trinajstić information content (AvgIpc) is 2.52. The standard InChI is InChI=1S/C17H23N3O3/c1-4-12-8-6-7-9-13(12)18-10-14-15(16(21)23-5-2)11(3)19-17(22)20-14/h6-9,11,18H,4-5,10H2,1-3H3,(H2,19,20,22). The van der Waals surface area contributed by atoms with Gasteiger partial charge in [0.2, 0.25) is 0 Å². The van der Waals surface area contributed by atoms with Crippen LogP contribution in [0.15, 0.2) is 35.5 Å². The Hall–Kier alpha value is -2.50. The first-order chi connectivity index (χ1) is 11.1. The lowest BCUT2D eigenvalue weighted by molar-refractivity contribution is -0.138. The van der Waals surface area contributed by atoms with Crippen molar-refractivity contribution in [2.75, 3.05) is 18.5 Å². The van der Waals surface area contributed by atoms with Gasteiger partial charge < -0.3 is 20.7 Å². The van der Waals surface area contributed by atoms with Crippen LogP contribution in [0.25, 0.3) is 0 Å². The highest BCUT2D eigenvalue weighted by Crippen LogP contribution is 2.18. The molecule has 1 heterocycles. The number of carbonyl (C=O) groups excluding carboxylic acids is 2. The summed E-state index contributed by atoms with van der Waals surface area (Å²) in [4.78, 5) is 23.9. The molecular formula is C17H23N3O3. The second-order valence-corrected chi connectivity index (χ2v) is 5.30. The van der Waals surface area contributed by atoms with Crippen molar-refractivity contribution >= 4 is 17.7 Å². The number of para-hydroxylation sites is 1. The summed E-state index contributed by atoms with van der Waals surface area (Å²) in [6.07, 6.45) is 0.900. The number of esters is 1. The van der Waals surface area contributed by atoms with Crippen LogP contribution in [0.5, 0.6) is 0 Å². The van der Waals surface area contributed by atoms with Crippen LogP contribution in [0.4, 0.5) is 10.5 Å². The van der Waals surface area contributed by atoms with Crippen LogP contribution >= 0.6 is 0 Å². The van der Waals surface area contributed by atoms with Crippen LogP contribution in [0, 0.1) is 0 Å². The van der Waals surface area contributed by atoms with E-state index < -0.39 is 5.97 Å². The maximum Gasteiger partial charge on any atom is 0.337 e. The molecule has 0 saturated carbocycles. The average molecular weight is 317 g/mol. The van der Waals surface area contributed by atoms with Crippen LogP contribution in [-0.2, 0) is 16.0 Å². The summed E-state index contributed by atoms with van der Waals surface area (Å²) >= 11 is 0. The highest BCUT2D eigenvalue weighted by atomic mass is 16.5. The van der Waals surface area contributed by atoms with E-state index in [0.717, 1.165) is 12.1 Å². The number of hydrogen-bond donors (Lipinski definition) is 3. The monoisotopic (exact) mass is 317 g/mol. The molecule has 0 fully saturated rings. The third kappa shape index (κ3) is 4.03. The normalized spacial score (nSPS) is 17.3. The number of amides is 2. The molecule has 6 heteroatoms. The van der Waals surface area contributed by atoms with Crippen molar-refractivity contribution in [1.29, 1.82) is 0 Å². The summed E-state index contributed by atoms with van der Waals surface area (Å²) < 4.78 is 5.10. The van der Waals surface area contributed by atoms with Gasteiger partial charge in [0.25, 0.3) is 0 Å². The van der Waals surface area contributed by atoms with E-state index in [1.54, 1.807) is 13.8 Å². The van der Waals surface area contributed by atoms with E-state index >= 15 is 0 Å². The first-order valence-corrected chi connectivity index (χ1v) is 7.86. The van der Waals surface area contributed by atoms with Crippen molar-refractivity contribution in [1.82, 2.24) is 10.6 Å². The Morgan fingerprint density at radius 1 is 1.30 bits per heavy atom. The van der Waals surface area contributed by atoms with E-state index in [-0.39, 0.29) is 12.1 Å². The van der Waals surface area contributed by atoms with Gasteiger partial charge in [-0.15, -0.1) is 0 Å². The topological polar surface area (TPSA) is 79.5 Å². The number of rotatable bonds is 6. The lowest BCUT2D eigenvalue weighted by Gasteiger charge is -2.27. The van der Waals surface area contributed by atoms with Crippen molar-refractivity contribution in [3.8, 4) is 0 Å². The van der Waals surface area contributed by atoms with Gasteiger partial charge in [-0.25, -0.2) is 9.59 Å². The Morgan fingerprint density at radius 3 is 2.74 bits per heavy atom. The third-order valence-electron chi connectivity index (χ3n) is 3.72. The van der Waals surface area contributed by atoms with E-state index in [2.05, 4.69) is 22.9 Å². The number of hydrogen-bond acceptors (Lipinski definition) is 4. The minimum absolute atomic E-state index is 0.294. The molecule has 0 radical (unpaired) electrons. The third-order valence-corrected chi connectivity index (χ3v) is 3.72. The van der Waals surface area contributed by atoms with Crippen molar-refractivity contribution in [2.45, 2.75) is 33.2 Å². The molecule has 2 rings (SSSR count). The lowest BCUT2D eigenvalue weighted by Crippen LogP contribution is -2.50. The summed E-state index contributed by atoms with van der Waals surface area (Å²) in [5, 5.41) is 8.69. The zero-order chi connectivity index (χ0) is 16.8. The molecule has 0 saturated heterocycles. The summed E-state index contributed by atoms with van der Waals surface area (Å²) in [6, 6.07) is 7.27. The Balaban J connectivity index is 2.23. The Morgan fingerprint density at radius 2 is 2.04 bits per heavy atom. The van der Waals surface area contributed by atoms with E-state index in [1.807, 2.05) is 24.3 Å². The molecule has 3 N–H and O–H groups in total. The summed E-state index contributed by atoms with van der Waals surface area (Å²) in [5.74, 6) is -0.409. The molecule has 1 aliphatic heterocycles. The molecule has 1 aromatic carbocycles. The fraction of sp³-hybridized carbons (Fsp3) is 0.412. The van der Waals surface area contributed by atoms with Gasteiger partial charge in [0, 0.05) is 5.69 Å². The largest absolute Gasteiger partial charge is 0.463 e. The maximum atomic E-state index is 12.2. The molecule has 0 aliphatic carbocycles. The lowest BCUT2D eigenvalue weighted by atomic mass is 10.0. The van der Waals surface area contributed by atoms with Gasteiger partial charge in [-0.1, -0.05) is 25.1 Å². The molecular weight excluding hydrogens is 294 g/mol. The summed E-state index contributed by atoms with van der Waals surface area (Å²) in [5.41, 5.74) is 3.17. The Kier molecular flexibility index (Phi) is 5.62. The number of ether oxygens (including phenoxy) is 1. The SMILES string of the molecule is CCOC(=O)C1=C(CNc2ccccc2CC)NC(=O)NC1C. The molecule has 1 unspecified atom stereocenters. The number of carbonyl (C=O) groups is 2. The van der Waals surface area contributed by atoms with E-state index in [1.165, 1.54) is 5.56 Å². The highest BCUT2D eigenvalue weighted by molar-refractivity contribution is 5.94. The number of anilines is 1. The molecule has 6 nitrogen and oxygen atoms in total. The van der Waals surface area contributed by atoms with Gasteiger partial charge >= 0.3 is 12.0 Å². The first kappa shape index (κ1) is 16.9. The molecule has 0 aromatic heterocycles. The smallest absolute Gasteiger partial charge is 0.337 e. The zero-order valence-electron chi connectivity index (χ0n) is 13.7. The van der Waals surface area contributed by atoms with Crippen molar-refractivity contribution in [3.63, 3.8) is 0 Å². The second kappa shape index (κ2) is 7.67. The first-order valence-electron chi connectivity index (χ1n) is 7.86. The summed E-state index contributed by atoms with van der Waals surface area (Å²) in [6.45, 7) is 6.25. The molecule has 0 bridgehead atoms. The molecule has 1 aliphatic rings. The van der Waals surface area contributed by atoms with Crippen molar-refractivity contribution in [3.05, 3.63) is 41.1 Å². The van der Waals surface area contributed by atoms with Gasteiger partial charge in [-0.05, 0) is 31.9 Å². The maximum absolute atomic E-state index is 12.2. The highest BCUT2D eigenvalue weighted by Gasteiger charge is 2.29. The van der Waals surface area contributed by atoms with Gasteiger partial charge in [0.15, 0.2) is 0 Å². The Bertz CT molecular complexity index is 625. The predicted octanol–water partition coefficient (Wildman–Crippen LogP) is 2.18. The van der Waals surface area contributed by atoms with Crippen molar-refractivity contribution < 1.29 is 14.3 Å². The molecule has 1 aromatic rings. The molecule has 1 atom stereocenters. The fourth-order valence-corrected chi connectivity index (χ4v) is 2.60. The molecule has 124 valence electrons. The molecule has 2 amide bonds. The number of benzene rings is 1. The van der Waals surface area contributed by atoms with E-state index in [9.17, 15) is 9.59 Å². The van der Waals surface area contributed by atoms with Crippen LogP contribution in [0.1, 0.15) is 26.3 Å². The molecule has 23 heavy (non-hydrogen) atoms. The van der Waals surface area contributed by atoms with Crippen LogP contribution < -0.4 is 16.0 Å². The van der Waals surface area contributed by atoms with Crippen LogP contribution in [0.3, 0.4) is 0 Å². The van der Waals surface area contributed by atoms with Gasteiger partial charge in [-0.2, -0.15) is 0 Å². The van der Waals surface area contributed by atoms with Gasteiger partial charge in [0.1, 0.15) is 0 Å². The zero-order valence-corrected chi connectivity index (χ0v) is 13.7. The minimum Gasteiger partial charge on any atom is -0.463 e.